The average molecular weight is 201 g/mol. The highest BCUT2D eigenvalue weighted by Gasteiger charge is 2.08. The lowest BCUT2D eigenvalue weighted by Crippen LogP contribution is -2.35. The van der Waals surface area contributed by atoms with E-state index in [1.54, 1.807) is 0 Å². The minimum atomic E-state index is -0.170. The summed E-state index contributed by atoms with van der Waals surface area (Å²) in [7, 11) is 0. The average Bonchev–Trinajstić information content (AvgIpc) is 2.21. The summed E-state index contributed by atoms with van der Waals surface area (Å²) in [6.45, 7) is 7.22. The summed E-state index contributed by atoms with van der Waals surface area (Å²) in [6.07, 6.45) is 6.94. The molecular formula is C12H27NO. The first kappa shape index (κ1) is 13.9. The van der Waals surface area contributed by atoms with Crippen molar-refractivity contribution in [2.24, 2.45) is 0 Å². The van der Waals surface area contributed by atoms with E-state index in [1.807, 2.05) is 6.92 Å². The van der Waals surface area contributed by atoms with Gasteiger partial charge in [0.2, 0.25) is 0 Å². The molecule has 2 unspecified atom stereocenters. The zero-order valence-corrected chi connectivity index (χ0v) is 10.1. The fourth-order valence-corrected chi connectivity index (χ4v) is 1.59. The molecular weight excluding hydrogens is 174 g/mol. The highest BCUT2D eigenvalue weighted by Crippen LogP contribution is 2.06. The largest absolute Gasteiger partial charge is 0.392 e. The van der Waals surface area contributed by atoms with Gasteiger partial charge in [0.05, 0.1) is 6.10 Å². The van der Waals surface area contributed by atoms with E-state index in [0.717, 1.165) is 13.0 Å². The summed E-state index contributed by atoms with van der Waals surface area (Å²) in [6, 6.07) is 0.612. The van der Waals surface area contributed by atoms with E-state index < -0.39 is 0 Å². The minimum absolute atomic E-state index is 0.170. The molecule has 0 spiro atoms. The maximum absolute atomic E-state index is 9.44. The maximum atomic E-state index is 9.44. The Bertz CT molecular complexity index is 117. The molecule has 0 saturated heterocycles. The molecule has 2 N–H and O–H groups in total. The molecule has 0 radical (unpaired) electrons. The third kappa shape index (κ3) is 7.34. The molecule has 0 aromatic heterocycles. The quantitative estimate of drug-likeness (QED) is 0.601. The van der Waals surface area contributed by atoms with Gasteiger partial charge in [0, 0.05) is 12.6 Å². The van der Waals surface area contributed by atoms with Crippen molar-refractivity contribution in [1.82, 2.24) is 5.32 Å². The Morgan fingerprint density at radius 3 is 2.29 bits per heavy atom. The van der Waals surface area contributed by atoms with Crippen molar-refractivity contribution >= 4 is 0 Å². The van der Waals surface area contributed by atoms with Crippen LogP contribution in [0.1, 0.15) is 59.3 Å². The Hall–Kier alpha value is -0.0800. The molecule has 0 aromatic rings. The molecule has 0 aliphatic heterocycles. The lowest BCUT2D eigenvalue weighted by molar-refractivity contribution is 0.161. The first-order valence-corrected chi connectivity index (χ1v) is 6.15. The normalized spacial score (nSPS) is 15.4. The van der Waals surface area contributed by atoms with Gasteiger partial charge in [-0.15, -0.1) is 0 Å². The van der Waals surface area contributed by atoms with E-state index in [4.69, 9.17) is 0 Å². The first-order chi connectivity index (χ1) is 6.74. The molecule has 0 heterocycles. The van der Waals surface area contributed by atoms with Crippen LogP contribution in [0.4, 0.5) is 0 Å². The van der Waals surface area contributed by atoms with Gasteiger partial charge < -0.3 is 10.4 Å². The molecule has 0 aliphatic carbocycles. The van der Waals surface area contributed by atoms with Crippen LogP contribution in [0.5, 0.6) is 0 Å². The van der Waals surface area contributed by atoms with Gasteiger partial charge >= 0.3 is 0 Å². The molecule has 14 heavy (non-hydrogen) atoms. The summed E-state index contributed by atoms with van der Waals surface area (Å²) in [5.41, 5.74) is 0. The van der Waals surface area contributed by atoms with E-state index in [9.17, 15) is 5.11 Å². The van der Waals surface area contributed by atoms with Crippen LogP contribution in [0, 0.1) is 0 Å². The standard InChI is InChI=1S/C12H27NO/c1-4-7-9-11(8-5-2)13-10-12(14)6-3/h11-14H,4-10H2,1-3H3. The summed E-state index contributed by atoms with van der Waals surface area (Å²) >= 11 is 0. The highest BCUT2D eigenvalue weighted by molar-refractivity contribution is 4.68. The van der Waals surface area contributed by atoms with Crippen molar-refractivity contribution < 1.29 is 5.11 Å². The summed E-state index contributed by atoms with van der Waals surface area (Å²) < 4.78 is 0. The lowest BCUT2D eigenvalue weighted by Gasteiger charge is -2.19. The number of hydrogen-bond acceptors (Lipinski definition) is 2. The predicted molar refractivity (Wildman–Crippen MR) is 62.5 cm³/mol. The van der Waals surface area contributed by atoms with Gasteiger partial charge in [-0.05, 0) is 19.3 Å². The van der Waals surface area contributed by atoms with Gasteiger partial charge in [-0.3, -0.25) is 0 Å². The Morgan fingerprint density at radius 1 is 1.07 bits per heavy atom. The Kier molecular flexibility index (Phi) is 9.42. The van der Waals surface area contributed by atoms with Crippen LogP contribution < -0.4 is 5.32 Å². The predicted octanol–water partition coefficient (Wildman–Crippen LogP) is 2.71. The first-order valence-electron chi connectivity index (χ1n) is 6.15. The molecule has 0 aliphatic rings. The van der Waals surface area contributed by atoms with Crippen molar-refractivity contribution in [3.8, 4) is 0 Å². The maximum Gasteiger partial charge on any atom is 0.0662 e. The van der Waals surface area contributed by atoms with Crippen molar-refractivity contribution in [1.29, 1.82) is 0 Å². The van der Waals surface area contributed by atoms with Crippen molar-refractivity contribution in [2.45, 2.75) is 71.4 Å². The number of unbranched alkanes of at least 4 members (excludes halogenated alkanes) is 1. The topological polar surface area (TPSA) is 32.3 Å². The van der Waals surface area contributed by atoms with Crippen molar-refractivity contribution in [2.75, 3.05) is 6.54 Å². The van der Waals surface area contributed by atoms with Crippen LogP contribution in [0.2, 0.25) is 0 Å². The van der Waals surface area contributed by atoms with Gasteiger partial charge in [0.1, 0.15) is 0 Å². The second-order valence-corrected chi connectivity index (χ2v) is 4.10. The fraction of sp³-hybridized carbons (Fsp3) is 1.00. The molecule has 0 bridgehead atoms. The summed E-state index contributed by atoms with van der Waals surface area (Å²) in [4.78, 5) is 0. The molecule has 0 fully saturated rings. The van der Waals surface area contributed by atoms with E-state index >= 15 is 0 Å². The highest BCUT2D eigenvalue weighted by atomic mass is 16.3. The van der Waals surface area contributed by atoms with Crippen molar-refractivity contribution in [3.05, 3.63) is 0 Å². The van der Waals surface area contributed by atoms with Gasteiger partial charge in [0.25, 0.3) is 0 Å². The Balaban J connectivity index is 3.60. The van der Waals surface area contributed by atoms with Gasteiger partial charge in [-0.25, -0.2) is 0 Å². The van der Waals surface area contributed by atoms with Crippen LogP contribution >= 0.6 is 0 Å². The summed E-state index contributed by atoms with van der Waals surface area (Å²) in [5.74, 6) is 0. The molecule has 0 rings (SSSR count). The van der Waals surface area contributed by atoms with Gasteiger partial charge in [-0.1, -0.05) is 40.0 Å². The van der Waals surface area contributed by atoms with Crippen LogP contribution in [0.15, 0.2) is 0 Å². The molecule has 2 atom stereocenters. The fourth-order valence-electron chi connectivity index (χ4n) is 1.59. The molecule has 0 amide bonds. The minimum Gasteiger partial charge on any atom is -0.392 e. The van der Waals surface area contributed by atoms with Crippen LogP contribution in [-0.2, 0) is 0 Å². The number of aliphatic hydroxyl groups is 1. The Morgan fingerprint density at radius 2 is 1.79 bits per heavy atom. The number of nitrogens with one attached hydrogen (secondary N) is 1. The van der Waals surface area contributed by atoms with Gasteiger partial charge in [0.15, 0.2) is 0 Å². The van der Waals surface area contributed by atoms with Crippen LogP contribution in [-0.4, -0.2) is 23.8 Å². The second kappa shape index (κ2) is 9.47. The van der Waals surface area contributed by atoms with Crippen molar-refractivity contribution in [3.63, 3.8) is 0 Å². The third-order valence-corrected chi connectivity index (χ3v) is 2.66. The molecule has 2 heteroatoms. The second-order valence-electron chi connectivity index (χ2n) is 4.10. The third-order valence-electron chi connectivity index (χ3n) is 2.66. The lowest BCUT2D eigenvalue weighted by atomic mass is 10.0. The van der Waals surface area contributed by atoms with E-state index in [1.165, 1.54) is 32.1 Å². The zero-order chi connectivity index (χ0) is 10.8. The molecule has 86 valence electrons. The SMILES string of the molecule is CCCCC(CCC)NCC(O)CC. The van der Waals surface area contributed by atoms with Gasteiger partial charge in [-0.2, -0.15) is 0 Å². The monoisotopic (exact) mass is 201 g/mol. The molecule has 0 aromatic carbocycles. The summed E-state index contributed by atoms with van der Waals surface area (Å²) in [5, 5.41) is 12.9. The Labute approximate surface area is 89.1 Å². The van der Waals surface area contributed by atoms with Crippen LogP contribution in [0.3, 0.4) is 0 Å². The molecule has 2 nitrogen and oxygen atoms in total. The zero-order valence-electron chi connectivity index (χ0n) is 10.1. The van der Waals surface area contributed by atoms with E-state index in [2.05, 4.69) is 19.2 Å². The number of hydrogen-bond donors (Lipinski definition) is 2. The number of aliphatic hydroxyl groups excluding tert-OH is 1. The smallest absolute Gasteiger partial charge is 0.0662 e. The van der Waals surface area contributed by atoms with Crippen LogP contribution in [0.25, 0.3) is 0 Å². The van der Waals surface area contributed by atoms with E-state index in [-0.39, 0.29) is 6.10 Å². The van der Waals surface area contributed by atoms with E-state index in [0.29, 0.717) is 6.04 Å². The number of rotatable bonds is 9. The molecule has 0 saturated carbocycles.